The maximum atomic E-state index is 11.1. The van der Waals surface area contributed by atoms with Crippen molar-refractivity contribution >= 4 is 5.91 Å². The van der Waals surface area contributed by atoms with E-state index in [1.165, 1.54) is 0 Å². The number of para-hydroxylation sites is 1. The minimum Gasteiger partial charge on any atom is -0.480 e. The summed E-state index contributed by atoms with van der Waals surface area (Å²) in [5.41, 5.74) is 13.2. The number of nitrogens with two attached hydrogens (primary N) is 2. The number of ether oxygens (including phenoxy) is 1. The standard InChI is InChI=1S/C14H22N2O2/c1-4-12(15)8-11-7-5-6-9(2)13(11)18-10(3)14(16)17/h5-7,10,12H,4,8,15H2,1-3H3,(H2,16,17). The molecule has 0 saturated carbocycles. The zero-order chi connectivity index (χ0) is 13.7. The third kappa shape index (κ3) is 3.74. The van der Waals surface area contributed by atoms with E-state index in [0.717, 1.165) is 29.7 Å². The number of carbonyl (C=O) groups is 1. The Labute approximate surface area is 108 Å². The van der Waals surface area contributed by atoms with Crippen molar-refractivity contribution in [2.24, 2.45) is 11.5 Å². The van der Waals surface area contributed by atoms with Crippen molar-refractivity contribution in [2.45, 2.75) is 45.8 Å². The second kappa shape index (κ2) is 6.40. The molecule has 0 heterocycles. The predicted octanol–water partition coefficient (Wildman–Crippen LogP) is 1.53. The van der Waals surface area contributed by atoms with Gasteiger partial charge in [0.2, 0.25) is 0 Å². The highest BCUT2D eigenvalue weighted by Gasteiger charge is 2.16. The number of benzene rings is 1. The molecular weight excluding hydrogens is 228 g/mol. The normalized spacial score (nSPS) is 14.0. The van der Waals surface area contributed by atoms with Crippen molar-refractivity contribution in [1.82, 2.24) is 0 Å². The Kier molecular flexibility index (Phi) is 5.16. The van der Waals surface area contributed by atoms with E-state index in [2.05, 4.69) is 0 Å². The number of rotatable bonds is 6. The molecule has 2 unspecified atom stereocenters. The van der Waals surface area contributed by atoms with Crippen LogP contribution in [0.3, 0.4) is 0 Å². The fraction of sp³-hybridized carbons (Fsp3) is 0.500. The van der Waals surface area contributed by atoms with Crippen molar-refractivity contribution in [3.63, 3.8) is 0 Å². The van der Waals surface area contributed by atoms with E-state index in [1.54, 1.807) is 6.92 Å². The first-order chi connectivity index (χ1) is 8.45. The minimum atomic E-state index is -0.636. The second-order valence-corrected chi connectivity index (χ2v) is 4.60. The third-order valence-corrected chi connectivity index (χ3v) is 3.00. The van der Waals surface area contributed by atoms with Crippen LogP contribution in [-0.2, 0) is 11.2 Å². The summed E-state index contributed by atoms with van der Waals surface area (Å²) in [6.07, 6.45) is 1.00. The van der Waals surface area contributed by atoms with E-state index in [1.807, 2.05) is 32.0 Å². The molecule has 1 rings (SSSR count). The van der Waals surface area contributed by atoms with Crippen LogP contribution < -0.4 is 16.2 Å². The largest absolute Gasteiger partial charge is 0.480 e. The lowest BCUT2D eigenvalue weighted by atomic mass is 10.0. The second-order valence-electron chi connectivity index (χ2n) is 4.60. The molecule has 4 heteroatoms. The summed E-state index contributed by atoms with van der Waals surface area (Å²) in [7, 11) is 0. The highest BCUT2D eigenvalue weighted by molar-refractivity contribution is 5.78. The van der Waals surface area contributed by atoms with E-state index in [0.29, 0.717) is 0 Å². The molecule has 1 aromatic rings. The fourth-order valence-electron chi connectivity index (χ4n) is 1.70. The van der Waals surface area contributed by atoms with Crippen LogP contribution in [0.2, 0.25) is 0 Å². The molecule has 0 aliphatic rings. The van der Waals surface area contributed by atoms with Gasteiger partial charge in [-0.1, -0.05) is 25.1 Å². The van der Waals surface area contributed by atoms with Crippen LogP contribution in [0.5, 0.6) is 5.75 Å². The van der Waals surface area contributed by atoms with Gasteiger partial charge in [-0.15, -0.1) is 0 Å². The van der Waals surface area contributed by atoms with Gasteiger partial charge in [-0.2, -0.15) is 0 Å². The maximum Gasteiger partial charge on any atom is 0.258 e. The van der Waals surface area contributed by atoms with Crippen molar-refractivity contribution in [1.29, 1.82) is 0 Å². The Bertz CT molecular complexity index is 418. The molecule has 0 saturated heterocycles. The Morgan fingerprint density at radius 1 is 1.44 bits per heavy atom. The van der Waals surface area contributed by atoms with Gasteiger partial charge in [0.25, 0.3) is 5.91 Å². The molecule has 0 aromatic heterocycles. The number of primary amides is 1. The SMILES string of the molecule is CCC(N)Cc1cccc(C)c1OC(C)C(N)=O. The van der Waals surface area contributed by atoms with Gasteiger partial charge in [-0.3, -0.25) is 4.79 Å². The van der Waals surface area contributed by atoms with Crippen LogP contribution >= 0.6 is 0 Å². The molecule has 4 N–H and O–H groups in total. The van der Waals surface area contributed by atoms with E-state index in [9.17, 15) is 4.79 Å². The molecule has 18 heavy (non-hydrogen) atoms. The van der Waals surface area contributed by atoms with E-state index in [4.69, 9.17) is 16.2 Å². The van der Waals surface area contributed by atoms with Gasteiger partial charge in [-0.25, -0.2) is 0 Å². The van der Waals surface area contributed by atoms with Crippen molar-refractivity contribution < 1.29 is 9.53 Å². The summed E-state index contributed by atoms with van der Waals surface area (Å²) < 4.78 is 5.65. The summed E-state index contributed by atoms with van der Waals surface area (Å²) in [5.74, 6) is 0.261. The van der Waals surface area contributed by atoms with Gasteiger partial charge in [0.15, 0.2) is 6.10 Å². The smallest absolute Gasteiger partial charge is 0.258 e. The van der Waals surface area contributed by atoms with Gasteiger partial charge in [0.05, 0.1) is 0 Å². The summed E-state index contributed by atoms with van der Waals surface area (Å²) in [4.78, 5) is 11.1. The van der Waals surface area contributed by atoms with Crippen LogP contribution in [-0.4, -0.2) is 18.1 Å². The lowest BCUT2D eigenvalue weighted by molar-refractivity contribution is -0.124. The Hall–Kier alpha value is -1.55. The maximum absolute atomic E-state index is 11.1. The minimum absolute atomic E-state index is 0.0954. The average Bonchev–Trinajstić information content (AvgIpc) is 2.32. The number of carbonyl (C=O) groups excluding carboxylic acids is 1. The molecule has 2 atom stereocenters. The molecule has 4 nitrogen and oxygen atoms in total. The molecule has 0 spiro atoms. The van der Waals surface area contributed by atoms with Gasteiger partial charge in [0.1, 0.15) is 5.75 Å². The average molecular weight is 250 g/mol. The Morgan fingerprint density at radius 3 is 2.67 bits per heavy atom. The van der Waals surface area contributed by atoms with Crippen molar-refractivity contribution in [3.8, 4) is 5.75 Å². The Balaban J connectivity index is 2.97. The molecule has 0 aliphatic carbocycles. The number of hydrogen-bond donors (Lipinski definition) is 2. The van der Waals surface area contributed by atoms with Gasteiger partial charge >= 0.3 is 0 Å². The zero-order valence-corrected chi connectivity index (χ0v) is 11.3. The monoisotopic (exact) mass is 250 g/mol. The quantitative estimate of drug-likeness (QED) is 0.803. The predicted molar refractivity (Wildman–Crippen MR) is 72.4 cm³/mol. The van der Waals surface area contributed by atoms with Crippen LogP contribution in [0.1, 0.15) is 31.4 Å². The van der Waals surface area contributed by atoms with Gasteiger partial charge in [0, 0.05) is 6.04 Å². The van der Waals surface area contributed by atoms with Crippen LogP contribution in [0.15, 0.2) is 18.2 Å². The van der Waals surface area contributed by atoms with Crippen LogP contribution in [0.25, 0.3) is 0 Å². The third-order valence-electron chi connectivity index (χ3n) is 3.00. The number of aryl methyl sites for hydroxylation is 1. The highest BCUT2D eigenvalue weighted by Crippen LogP contribution is 2.25. The van der Waals surface area contributed by atoms with Crippen molar-refractivity contribution in [3.05, 3.63) is 29.3 Å². The molecule has 0 bridgehead atoms. The van der Waals surface area contributed by atoms with Crippen molar-refractivity contribution in [2.75, 3.05) is 0 Å². The first-order valence-corrected chi connectivity index (χ1v) is 6.25. The van der Waals surface area contributed by atoms with E-state index < -0.39 is 12.0 Å². The van der Waals surface area contributed by atoms with Crippen LogP contribution in [0, 0.1) is 6.92 Å². The fourth-order valence-corrected chi connectivity index (χ4v) is 1.70. The van der Waals surface area contributed by atoms with E-state index in [-0.39, 0.29) is 6.04 Å². The number of hydrogen-bond acceptors (Lipinski definition) is 3. The first kappa shape index (κ1) is 14.5. The summed E-state index contributed by atoms with van der Waals surface area (Å²) in [6, 6.07) is 5.99. The summed E-state index contributed by atoms with van der Waals surface area (Å²) in [5, 5.41) is 0. The summed E-state index contributed by atoms with van der Waals surface area (Å²) in [6.45, 7) is 5.65. The Morgan fingerprint density at radius 2 is 2.11 bits per heavy atom. The van der Waals surface area contributed by atoms with E-state index >= 15 is 0 Å². The molecule has 0 fully saturated rings. The van der Waals surface area contributed by atoms with Gasteiger partial charge < -0.3 is 16.2 Å². The highest BCUT2D eigenvalue weighted by atomic mass is 16.5. The molecular formula is C14H22N2O2. The van der Waals surface area contributed by atoms with Gasteiger partial charge in [-0.05, 0) is 37.8 Å². The lowest BCUT2D eigenvalue weighted by Crippen LogP contribution is -2.31. The number of amides is 1. The molecule has 0 radical (unpaired) electrons. The first-order valence-electron chi connectivity index (χ1n) is 6.25. The molecule has 0 aliphatic heterocycles. The molecule has 100 valence electrons. The molecule has 1 aromatic carbocycles. The zero-order valence-electron chi connectivity index (χ0n) is 11.3. The summed E-state index contributed by atoms with van der Waals surface area (Å²) >= 11 is 0. The topological polar surface area (TPSA) is 78.3 Å². The molecule has 1 amide bonds. The van der Waals surface area contributed by atoms with Crippen LogP contribution in [0.4, 0.5) is 0 Å². The lowest BCUT2D eigenvalue weighted by Gasteiger charge is -2.19.